The van der Waals surface area contributed by atoms with Gasteiger partial charge < -0.3 is 10.1 Å². The predicted molar refractivity (Wildman–Crippen MR) is 127 cm³/mol. The van der Waals surface area contributed by atoms with Crippen molar-refractivity contribution >= 4 is 46.5 Å². The number of nitriles is 1. The molecule has 0 radical (unpaired) electrons. The lowest BCUT2D eigenvalue weighted by Crippen LogP contribution is -2.20. The zero-order valence-electron chi connectivity index (χ0n) is 16.8. The number of nitrogens with zero attached hydrogens (tertiary/aromatic N) is 3. The average molecular weight is 477 g/mol. The Morgan fingerprint density at radius 1 is 1.06 bits per heavy atom. The van der Waals surface area contributed by atoms with Gasteiger partial charge in [-0.05, 0) is 54.6 Å². The van der Waals surface area contributed by atoms with Crippen LogP contribution in [0.2, 0.25) is 10.0 Å². The van der Waals surface area contributed by atoms with Crippen LogP contribution in [0.1, 0.15) is 5.56 Å². The van der Waals surface area contributed by atoms with Crippen LogP contribution in [-0.4, -0.2) is 15.3 Å². The van der Waals surface area contributed by atoms with E-state index in [-0.39, 0.29) is 17.0 Å². The Balaban J connectivity index is 1.81. The van der Waals surface area contributed by atoms with Crippen molar-refractivity contribution in [2.75, 3.05) is 5.32 Å². The van der Waals surface area contributed by atoms with Crippen molar-refractivity contribution in [2.24, 2.45) is 0 Å². The highest BCUT2D eigenvalue weighted by Crippen LogP contribution is 2.26. The second-order valence-electron chi connectivity index (χ2n) is 6.72. The number of amides is 1. The van der Waals surface area contributed by atoms with E-state index in [2.05, 4.69) is 10.3 Å². The van der Waals surface area contributed by atoms with Crippen molar-refractivity contribution < 1.29 is 9.53 Å². The Kier molecular flexibility index (Phi) is 6.41. The molecule has 1 amide bonds. The van der Waals surface area contributed by atoms with Gasteiger partial charge >= 0.3 is 0 Å². The van der Waals surface area contributed by atoms with Crippen molar-refractivity contribution in [1.29, 1.82) is 5.26 Å². The zero-order chi connectivity index (χ0) is 23.4. The molecular formula is C24H14Cl2N4O3. The average Bonchev–Trinajstić information content (AvgIpc) is 2.82. The monoisotopic (exact) mass is 476 g/mol. The van der Waals surface area contributed by atoms with Crippen LogP contribution in [0.5, 0.6) is 11.6 Å². The number of carbonyl (C=O) groups excluding carboxylic acids is 1. The van der Waals surface area contributed by atoms with Gasteiger partial charge in [0.1, 0.15) is 28.6 Å². The molecule has 0 saturated carbocycles. The van der Waals surface area contributed by atoms with E-state index >= 15 is 0 Å². The number of halogens is 2. The topological polar surface area (TPSA) is 96.5 Å². The first kappa shape index (κ1) is 22.1. The lowest BCUT2D eigenvalue weighted by molar-refractivity contribution is -0.112. The van der Waals surface area contributed by atoms with Gasteiger partial charge in [0.05, 0.1) is 10.7 Å². The third-order valence-electron chi connectivity index (χ3n) is 4.54. The van der Waals surface area contributed by atoms with Crippen LogP contribution in [-0.2, 0) is 4.79 Å². The molecule has 4 aromatic rings. The number of carbonyl (C=O) groups is 1. The molecule has 0 bridgehead atoms. The number of benzene rings is 2. The molecule has 2 heterocycles. The Morgan fingerprint density at radius 3 is 2.52 bits per heavy atom. The number of hydrogen-bond donors (Lipinski definition) is 1. The summed E-state index contributed by atoms with van der Waals surface area (Å²) in [5.41, 5.74) is -0.244. The van der Waals surface area contributed by atoms with E-state index in [0.29, 0.717) is 27.1 Å². The fraction of sp³-hybridized carbons (Fsp3) is 0. The van der Waals surface area contributed by atoms with Crippen LogP contribution in [0.4, 0.5) is 5.69 Å². The fourth-order valence-corrected chi connectivity index (χ4v) is 3.25. The maximum atomic E-state index is 13.2. The van der Waals surface area contributed by atoms with Crippen molar-refractivity contribution in [1.82, 2.24) is 9.38 Å². The van der Waals surface area contributed by atoms with E-state index in [1.807, 2.05) is 6.07 Å². The molecule has 7 nitrogen and oxygen atoms in total. The van der Waals surface area contributed by atoms with E-state index in [1.165, 1.54) is 10.6 Å². The summed E-state index contributed by atoms with van der Waals surface area (Å²) < 4.78 is 7.12. The summed E-state index contributed by atoms with van der Waals surface area (Å²) in [7, 11) is 0. The van der Waals surface area contributed by atoms with Crippen LogP contribution in [0.3, 0.4) is 0 Å². The first-order valence-corrected chi connectivity index (χ1v) is 10.3. The fourth-order valence-electron chi connectivity index (χ4n) is 2.94. The first-order valence-electron chi connectivity index (χ1n) is 9.59. The largest absolute Gasteiger partial charge is 0.438 e. The number of aromatic nitrogens is 2. The van der Waals surface area contributed by atoms with Crippen LogP contribution in [0.15, 0.2) is 83.3 Å². The quantitative estimate of drug-likeness (QED) is 0.309. The lowest BCUT2D eigenvalue weighted by Gasteiger charge is -2.11. The Morgan fingerprint density at radius 2 is 1.79 bits per heavy atom. The van der Waals surface area contributed by atoms with E-state index in [0.717, 1.165) is 6.08 Å². The first-order chi connectivity index (χ1) is 16.0. The number of anilines is 1. The highest BCUT2D eigenvalue weighted by atomic mass is 35.5. The molecule has 0 aliphatic heterocycles. The van der Waals surface area contributed by atoms with Crippen molar-refractivity contribution in [2.45, 2.75) is 0 Å². The summed E-state index contributed by atoms with van der Waals surface area (Å²) in [6.45, 7) is 0. The molecular weight excluding hydrogens is 463 g/mol. The Hall–Kier alpha value is -4.12. The van der Waals surface area contributed by atoms with Gasteiger partial charge in [-0.1, -0.05) is 41.4 Å². The molecule has 0 aliphatic rings. The number of hydrogen-bond acceptors (Lipinski definition) is 5. The number of fused-ring (bicyclic) bond motifs is 1. The minimum absolute atomic E-state index is 0.0631. The molecule has 0 aliphatic carbocycles. The molecule has 0 atom stereocenters. The smallest absolute Gasteiger partial charge is 0.269 e. The third-order valence-corrected chi connectivity index (χ3v) is 5.12. The molecule has 33 heavy (non-hydrogen) atoms. The maximum absolute atomic E-state index is 13.2. The summed E-state index contributed by atoms with van der Waals surface area (Å²) in [4.78, 5) is 30.3. The van der Waals surface area contributed by atoms with Crippen LogP contribution >= 0.6 is 23.2 Å². The summed E-state index contributed by atoms with van der Waals surface area (Å²) in [5, 5.41) is 13.0. The van der Waals surface area contributed by atoms with Gasteiger partial charge in [0, 0.05) is 11.2 Å². The third kappa shape index (κ3) is 4.88. The Labute approximate surface area is 198 Å². The van der Waals surface area contributed by atoms with Crippen LogP contribution in [0.25, 0.3) is 11.7 Å². The number of ether oxygens (including phenoxy) is 1. The summed E-state index contributed by atoms with van der Waals surface area (Å²) in [6.07, 6.45) is 2.68. The van der Waals surface area contributed by atoms with E-state index in [1.54, 1.807) is 66.7 Å². The Bertz CT molecular complexity index is 1490. The number of pyridine rings is 1. The van der Waals surface area contributed by atoms with Crippen molar-refractivity contribution in [3.05, 3.63) is 104 Å². The van der Waals surface area contributed by atoms with Crippen LogP contribution < -0.4 is 15.6 Å². The van der Waals surface area contributed by atoms with E-state index < -0.39 is 11.5 Å². The molecule has 162 valence electrons. The lowest BCUT2D eigenvalue weighted by atomic mass is 10.1. The molecule has 4 rings (SSSR count). The zero-order valence-corrected chi connectivity index (χ0v) is 18.3. The molecule has 2 aromatic heterocycles. The van der Waals surface area contributed by atoms with E-state index in [4.69, 9.17) is 27.9 Å². The summed E-state index contributed by atoms with van der Waals surface area (Å²) in [6, 6.07) is 19.9. The van der Waals surface area contributed by atoms with Gasteiger partial charge in [-0.3, -0.25) is 14.0 Å². The maximum Gasteiger partial charge on any atom is 0.269 e. The van der Waals surface area contributed by atoms with Crippen molar-refractivity contribution in [3.63, 3.8) is 0 Å². The van der Waals surface area contributed by atoms with Gasteiger partial charge in [0.15, 0.2) is 0 Å². The SMILES string of the molecule is N#CC(=Cc1c(Oc2ccc(Cl)cc2)nc2ccccn2c1=O)C(=O)Nc1ccccc1Cl. The summed E-state index contributed by atoms with van der Waals surface area (Å²) >= 11 is 12.0. The number of rotatable bonds is 5. The highest BCUT2D eigenvalue weighted by Gasteiger charge is 2.18. The molecule has 0 saturated heterocycles. The normalized spacial score (nSPS) is 11.1. The van der Waals surface area contributed by atoms with Gasteiger partial charge in [0.2, 0.25) is 5.88 Å². The molecule has 9 heteroatoms. The minimum atomic E-state index is -0.736. The van der Waals surface area contributed by atoms with Crippen molar-refractivity contribution in [3.8, 4) is 17.7 Å². The molecule has 1 N–H and O–H groups in total. The minimum Gasteiger partial charge on any atom is -0.438 e. The van der Waals surface area contributed by atoms with Gasteiger partial charge in [0.25, 0.3) is 11.5 Å². The summed E-state index contributed by atoms with van der Waals surface area (Å²) in [5.74, 6) is -0.423. The number of para-hydroxylation sites is 1. The molecule has 2 aromatic carbocycles. The van der Waals surface area contributed by atoms with E-state index in [9.17, 15) is 14.9 Å². The molecule has 0 spiro atoms. The van der Waals surface area contributed by atoms with Gasteiger partial charge in [-0.25, -0.2) is 0 Å². The highest BCUT2D eigenvalue weighted by molar-refractivity contribution is 6.34. The van der Waals surface area contributed by atoms with Gasteiger partial charge in [-0.2, -0.15) is 10.2 Å². The van der Waals surface area contributed by atoms with Crippen LogP contribution in [0, 0.1) is 11.3 Å². The van der Waals surface area contributed by atoms with Gasteiger partial charge in [-0.15, -0.1) is 0 Å². The second kappa shape index (κ2) is 9.57. The standard InChI is InChI=1S/C24H14Cl2N4O3/c25-16-8-10-17(11-9-16)33-23-18(24(32)30-12-4-3-7-21(30)29-23)13-15(14-27)22(31)28-20-6-2-1-5-19(20)26/h1-13H,(H,28,31). The second-order valence-corrected chi connectivity index (χ2v) is 7.57. The predicted octanol–water partition coefficient (Wildman–Crippen LogP) is 5.34. The molecule has 0 fully saturated rings. The molecule has 0 unspecified atom stereocenters. The number of nitrogens with one attached hydrogen (secondary N) is 1.